The predicted octanol–water partition coefficient (Wildman–Crippen LogP) is 0.279. The maximum atomic E-state index is 10.8. The molecule has 0 N–H and O–H groups in total. The number of carbonyl (C=O) groups excluding carboxylic acids is 4. The molecule has 0 bridgehead atoms. The summed E-state index contributed by atoms with van der Waals surface area (Å²) in [7, 11) is 1.37. The first-order valence-electron chi connectivity index (χ1n) is 4.20. The fourth-order valence-corrected chi connectivity index (χ4v) is 0.902. The van der Waals surface area contributed by atoms with E-state index in [-0.39, 0.29) is 5.97 Å². The van der Waals surface area contributed by atoms with Crippen molar-refractivity contribution >= 4 is 20.2 Å². The van der Waals surface area contributed by atoms with E-state index in [9.17, 15) is 19.2 Å². The standard InChI is InChI=1S/C8H8O2.3CO.Cr/c1-10-8(9)7-5-3-2-4-6-7;3*1-2;/h2-6H,1H3;;;;. The Balaban J connectivity index is 0.000000325. The number of ether oxygens (including phenoxy) is 1. The number of rotatable bonds is 1. The van der Waals surface area contributed by atoms with E-state index < -0.39 is 12.8 Å². The summed E-state index contributed by atoms with van der Waals surface area (Å²) in [6.45, 7) is 0. The predicted molar refractivity (Wildman–Crippen MR) is 54.9 cm³/mol. The van der Waals surface area contributed by atoms with Crippen LogP contribution in [0.15, 0.2) is 30.3 Å². The molecule has 0 radical (unpaired) electrons. The average Bonchev–Trinajstić information content (AvgIpc) is 2.41. The van der Waals surface area contributed by atoms with Crippen LogP contribution in [0.25, 0.3) is 0 Å². The van der Waals surface area contributed by atoms with Crippen molar-refractivity contribution in [3.63, 3.8) is 0 Å². The Kier molecular flexibility index (Phi) is 8.10. The Morgan fingerprint density at radius 3 is 1.82 bits per heavy atom. The zero-order valence-electron chi connectivity index (χ0n) is 8.84. The number of hydrogen-bond acceptors (Lipinski definition) is 5. The van der Waals surface area contributed by atoms with Crippen LogP contribution in [0.2, 0.25) is 0 Å². The van der Waals surface area contributed by atoms with Crippen molar-refractivity contribution in [3.8, 4) is 0 Å². The molecule has 0 saturated heterocycles. The molecule has 0 fully saturated rings. The zero-order chi connectivity index (χ0) is 13.1. The fourth-order valence-electron chi connectivity index (χ4n) is 0.743. The molecule has 6 heteroatoms. The van der Waals surface area contributed by atoms with E-state index in [1.807, 2.05) is 6.07 Å². The molecule has 0 aliphatic heterocycles. The average molecular weight is 272 g/mol. The van der Waals surface area contributed by atoms with Crippen LogP contribution >= 0.6 is 0 Å². The molecule has 1 aromatic carbocycles. The molecule has 0 amide bonds. The van der Waals surface area contributed by atoms with Crippen LogP contribution in [-0.2, 0) is 32.0 Å². The molecule has 0 spiro atoms. The number of carbonyl (C=O) groups is 1. The third-order valence-electron chi connectivity index (χ3n) is 1.44. The van der Waals surface area contributed by atoms with E-state index in [1.165, 1.54) is 21.4 Å². The Morgan fingerprint density at radius 2 is 1.53 bits per heavy atom. The number of esters is 1. The van der Waals surface area contributed by atoms with Crippen LogP contribution in [0.4, 0.5) is 0 Å². The van der Waals surface area contributed by atoms with Crippen LogP contribution in [0.5, 0.6) is 0 Å². The number of hydrogen-bond donors (Lipinski definition) is 0. The molecule has 0 heterocycles. The quantitative estimate of drug-likeness (QED) is 0.686. The van der Waals surface area contributed by atoms with Crippen LogP contribution in [0, 0.1) is 0 Å². The first kappa shape index (κ1) is 15.0. The molecule has 88 valence electrons. The molecular weight excluding hydrogens is 264 g/mol. The summed E-state index contributed by atoms with van der Waals surface area (Å²) in [5.41, 5.74) is 0.588. The van der Waals surface area contributed by atoms with Gasteiger partial charge in [-0.2, -0.15) is 0 Å². The Hall–Kier alpha value is -2.04. The van der Waals surface area contributed by atoms with Gasteiger partial charge in [0, 0.05) is 0 Å². The first-order chi connectivity index (χ1) is 8.19. The van der Waals surface area contributed by atoms with Crippen molar-refractivity contribution in [3.05, 3.63) is 35.9 Å². The molecule has 5 nitrogen and oxygen atoms in total. The molecule has 0 saturated carbocycles. The molecule has 0 atom stereocenters. The second-order valence-corrected chi connectivity index (χ2v) is 4.15. The third-order valence-corrected chi connectivity index (χ3v) is 2.23. The van der Waals surface area contributed by atoms with Crippen molar-refractivity contribution < 1.29 is 36.7 Å². The van der Waals surface area contributed by atoms with E-state index in [0.29, 0.717) is 5.56 Å². The SMILES string of the molecule is COC(=O)c1ccccc1.O=[C]=[Cr](=[C]=O)=[C]=O. The molecule has 1 rings (SSSR count). The summed E-state index contributed by atoms with van der Waals surface area (Å²) in [6, 6.07) is 8.88. The maximum absolute atomic E-state index is 10.8. The Bertz CT molecular complexity index is 538. The molecule has 0 aliphatic rings. The van der Waals surface area contributed by atoms with Crippen molar-refractivity contribution in [2.24, 2.45) is 0 Å². The summed E-state index contributed by atoms with van der Waals surface area (Å²) >= 11 is -2.47. The van der Waals surface area contributed by atoms with Gasteiger partial charge in [-0.1, -0.05) is 18.2 Å². The van der Waals surface area contributed by atoms with Gasteiger partial charge in [-0.25, -0.2) is 4.79 Å². The molecule has 1 aromatic rings. The number of benzene rings is 1. The summed E-state index contributed by atoms with van der Waals surface area (Å²) in [5.74, 6) is -0.291. The van der Waals surface area contributed by atoms with Crippen molar-refractivity contribution in [1.82, 2.24) is 0 Å². The minimum absolute atomic E-state index is 0.291. The topological polar surface area (TPSA) is 77.5 Å². The normalized spacial score (nSPS) is 7.35. The van der Waals surface area contributed by atoms with Gasteiger partial charge in [-0.05, 0) is 12.1 Å². The van der Waals surface area contributed by atoms with Gasteiger partial charge in [0.2, 0.25) is 0 Å². The summed E-state index contributed by atoms with van der Waals surface area (Å²) in [5, 5.41) is 0. The van der Waals surface area contributed by atoms with E-state index in [1.54, 1.807) is 24.3 Å². The molecule has 0 unspecified atom stereocenters. The van der Waals surface area contributed by atoms with E-state index in [0.717, 1.165) is 0 Å². The van der Waals surface area contributed by atoms with Crippen LogP contribution in [0.1, 0.15) is 10.4 Å². The fraction of sp³-hybridized carbons (Fsp3) is 0.0909. The van der Waals surface area contributed by atoms with E-state index in [2.05, 4.69) is 4.74 Å². The van der Waals surface area contributed by atoms with Gasteiger partial charge in [0.15, 0.2) is 0 Å². The third kappa shape index (κ3) is 6.19. The number of methoxy groups -OCH3 is 1. The summed E-state index contributed by atoms with van der Waals surface area (Å²) in [6.07, 6.45) is 0. The summed E-state index contributed by atoms with van der Waals surface area (Å²) in [4.78, 5) is 38.9. The molecule has 0 aliphatic carbocycles. The van der Waals surface area contributed by atoms with Crippen LogP contribution in [-0.4, -0.2) is 27.3 Å². The van der Waals surface area contributed by atoms with Crippen molar-refractivity contribution in [2.45, 2.75) is 0 Å². The van der Waals surface area contributed by atoms with E-state index >= 15 is 0 Å². The van der Waals surface area contributed by atoms with Crippen molar-refractivity contribution in [2.75, 3.05) is 7.11 Å². The first-order valence-corrected chi connectivity index (χ1v) is 6.11. The molecule has 17 heavy (non-hydrogen) atoms. The summed E-state index contributed by atoms with van der Waals surface area (Å²) < 4.78 is 8.18. The Morgan fingerprint density at radius 1 is 1.06 bits per heavy atom. The van der Waals surface area contributed by atoms with Crippen LogP contribution in [0.3, 0.4) is 0 Å². The monoisotopic (exact) mass is 272 g/mol. The molecule has 0 aromatic heterocycles. The van der Waals surface area contributed by atoms with Gasteiger partial charge >= 0.3 is 47.4 Å². The second kappa shape index (κ2) is 9.21. The van der Waals surface area contributed by atoms with Crippen molar-refractivity contribution in [1.29, 1.82) is 0 Å². The van der Waals surface area contributed by atoms with Gasteiger partial charge in [0.1, 0.15) is 0 Å². The molecular formula is C11H8CrO5. The van der Waals surface area contributed by atoms with Gasteiger partial charge in [0.25, 0.3) is 0 Å². The minimum atomic E-state index is -2.47. The van der Waals surface area contributed by atoms with Gasteiger partial charge < -0.3 is 4.74 Å². The zero-order valence-corrected chi connectivity index (χ0v) is 10.1. The van der Waals surface area contributed by atoms with Gasteiger partial charge in [-0.15, -0.1) is 0 Å². The second-order valence-electron chi connectivity index (χ2n) is 2.41. The van der Waals surface area contributed by atoms with Gasteiger partial charge in [0.05, 0.1) is 12.7 Å². The Labute approximate surface area is 100 Å². The van der Waals surface area contributed by atoms with E-state index in [4.69, 9.17) is 0 Å². The van der Waals surface area contributed by atoms with Gasteiger partial charge in [-0.3, -0.25) is 0 Å². The van der Waals surface area contributed by atoms with Crippen LogP contribution < -0.4 is 0 Å².